The van der Waals surface area contributed by atoms with E-state index >= 15 is 0 Å². The van der Waals surface area contributed by atoms with E-state index < -0.39 is 0 Å². The molecule has 0 saturated heterocycles. The number of aromatic hydroxyl groups is 1. The number of hydrogen-bond acceptors (Lipinski definition) is 3. The molecule has 0 bridgehead atoms. The highest BCUT2D eigenvalue weighted by atomic mass is 16.3. The first-order chi connectivity index (χ1) is 7.04. The van der Waals surface area contributed by atoms with Gasteiger partial charge in [-0.2, -0.15) is 0 Å². The summed E-state index contributed by atoms with van der Waals surface area (Å²) < 4.78 is 0. The van der Waals surface area contributed by atoms with Crippen molar-refractivity contribution in [1.29, 1.82) is 0 Å². The molecule has 0 unspecified atom stereocenters. The van der Waals surface area contributed by atoms with Crippen LogP contribution in [-0.2, 0) is 12.8 Å². The molecule has 0 atom stereocenters. The number of aromatic nitrogens is 2. The Kier molecular flexibility index (Phi) is 3.88. The van der Waals surface area contributed by atoms with Crippen molar-refractivity contribution < 1.29 is 5.11 Å². The van der Waals surface area contributed by atoms with E-state index in [1.807, 2.05) is 6.92 Å². The van der Waals surface area contributed by atoms with Crippen LogP contribution in [0.1, 0.15) is 38.6 Å². The summed E-state index contributed by atoms with van der Waals surface area (Å²) >= 11 is 0. The summed E-state index contributed by atoms with van der Waals surface area (Å²) in [6, 6.07) is 0. The highest BCUT2D eigenvalue weighted by Crippen LogP contribution is 2.11. The second kappa shape index (κ2) is 4.96. The lowest BCUT2D eigenvalue weighted by Crippen LogP contribution is -2.16. The van der Waals surface area contributed by atoms with E-state index in [4.69, 9.17) is 0 Å². The topological polar surface area (TPSA) is 66.0 Å². The van der Waals surface area contributed by atoms with Crippen LogP contribution >= 0.6 is 0 Å². The average Bonchev–Trinajstić information content (AvgIpc) is 2.14. The van der Waals surface area contributed by atoms with Crippen LogP contribution in [-0.4, -0.2) is 15.1 Å². The Labute approximate surface area is 89.4 Å². The molecule has 0 aliphatic rings. The second-order valence-electron chi connectivity index (χ2n) is 4.10. The maximum absolute atomic E-state index is 11.5. The van der Waals surface area contributed by atoms with Gasteiger partial charge in [0.25, 0.3) is 5.56 Å². The predicted octanol–water partition coefficient (Wildman–Crippen LogP) is 1.63. The lowest BCUT2D eigenvalue weighted by atomic mass is 10.1. The SMILES string of the molecule is CCc1c(O)nc(CCC(C)C)[nH]c1=O. The molecule has 1 aromatic heterocycles. The predicted molar refractivity (Wildman–Crippen MR) is 59.1 cm³/mol. The van der Waals surface area contributed by atoms with Crippen LogP contribution in [0.15, 0.2) is 4.79 Å². The minimum atomic E-state index is -0.219. The molecule has 0 aromatic carbocycles. The van der Waals surface area contributed by atoms with Crippen LogP contribution in [0.3, 0.4) is 0 Å². The molecular weight excluding hydrogens is 192 g/mol. The quantitative estimate of drug-likeness (QED) is 0.793. The minimum absolute atomic E-state index is 0.125. The number of aromatic amines is 1. The number of nitrogens with zero attached hydrogens (tertiary/aromatic N) is 1. The standard InChI is InChI=1S/C11H18N2O2/c1-4-8-10(14)12-9(13-11(8)15)6-5-7(2)3/h7H,4-6H2,1-3H3,(H2,12,13,14,15). The summed E-state index contributed by atoms with van der Waals surface area (Å²) in [7, 11) is 0. The summed E-state index contributed by atoms with van der Waals surface area (Å²) in [6.07, 6.45) is 2.15. The molecule has 1 heterocycles. The molecule has 1 aromatic rings. The molecule has 1 rings (SSSR count). The smallest absolute Gasteiger partial charge is 0.257 e. The average molecular weight is 210 g/mol. The van der Waals surface area contributed by atoms with Crippen LogP contribution in [0.2, 0.25) is 0 Å². The van der Waals surface area contributed by atoms with E-state index in [2.05, 4.69) is 23.8 Å². The van der Waals surface area contributed by atoms with Crippen molar-refractivity contribution in [3.63, 3.8) is 0 Å². The number of hydrogen-bond donors (Lipinski definition) is 2. The normalized spacial score (nSPS) is 10.9. The Morgan fingerprint density at radius 3 is 2.60 bits per heavy atom. The van der Waals surface area contributed by atoms with Crippen LogP contribution < -0.4 is 5.56 Å². The van der Waals surface area contributed by atoms with Gasteiger partial charge in [-0.25, -0.2) is 4.98 Å². The van der Waals surface area contributed by atoms with Crippen LogP contribution in [0.5, 0.6) is 5.88 Å². The lowest BCUT2D eigenvalue weighted by molar-refractivity contribution is 0.438. The van der Waals surface area contributed by atoms with Crippen molar-refractivity contribution in [3.05, 3.63) is 21.7 Å². The van der Waals surface area contributed by atoms with E-state index in [9.17, 15) is 9.90 Å². The van der Waals surface area contributed by atoms with Crippen molar-refractivity contribution in [2.45, 2.75) is 40.0 Å². The van der Waals surface area contributed by atoms with Gasteiger partial charge in [0.1, 0.15) is 5.82 Å². The number of rotatable bonds is 4. The summed E-state index contributed by atoms with van der Waals surface area (Å²) in [6.45, 7) is 6.04. The third kappa shape index (κ3) is 3.08. The Hall–Kier alpha value is -1.32. The van der Waals surface area contributed by atoms with Crippen molar-refractivity contribution in [2.75, 3.05) is 0 Å². The fraction of sp³-hybridized carbons (Fsp3) is 0.636. The van der Waals surface area contributed by atoms with E-state index in [0.717, 1.165) is 6.42 Å². The van der Waals surface area contributed by atoms with E-state index in [1.54, 1.807) is 0 Å². The molecule has 0 fully saturated rings. The zero-order valence-electron chi connectivity index (χ0n) is 9.50. The first-order valence-corrected chi connectivity index (χ1v) is 5.35. The van der Waals surface area contributed by atoms with Crippen LogP contribution in [0.4, 0.5) is 0 Å². The molecule has 0 saturated carbocycles. The number of H-pyrrole nitrogens is 1. The van der Waals surface area contributed by atoms with E-state index in [0.29, 0.717) is 30.1 Å². The van der Waals surface area contributed by atoms with Gasteiger partial charge in [0.15, 0.2) is 0 Å². The summed E-state index contributed by atoms with van der Waals surface area (Å²) in [4.78, 5) is 18.2. The summed E-state index contributed by atoms with van der Waals surface area (Å²) in [5.74, 6) is 1.01. The van der Waals surface area contributed by atoms with Crippen LogP contribution in [0, 0.1) is 5.92 Å². The number of nitrogens with one attached hydrogen (secondary N) is 1. The van der Waals surface area contributed by atoms with Crippen molar-refractivity contribution >= 4 is 0 Å². The molecular formula is C11H18N2O2. The Bertz CT molecular complexity index is 383. The van der Waals surface area contributed by atoms with Gasteiger partial charge < -0.3 is 10.1 Å². The third-order valence-corrected chi connectivity index (χ3v) is 2.35. The van der Waals surface area contributed by atoms with Crippen molar-refractivity contribution in [2.24, 2.45) is 5.92 Å². The molecule has 0 aliphatic carbocycles. The highest BCUT2D eigenvalue weighted by Gasteiger charge is 2.08. The maximum atomic E-state index is 11.5. The number of aryl methyl sites for hydroxylation is 1. The highest BCUT2D eigenvalue weighted by molar-refractivity contribution is 5.22. The largest absolute Gasteiger partial charge is 0.493 e. The zero-order chi connectivity index (χ0) is 11.4. The van der Waals surface area contributed by atoms with Gasteiger partial charge in [0, 0.05) is 6.42 Å². The first-order valence-electron chi connectivity index (χ1n) is 5.35. The molecule has 0 radical (unpaired) electrons. The fourth-order valence-corrected chi connectivity index (χ4v) is 1.39. The van der Waals surface area contributed by atoms with E-state index in [1.165, 1.54) is 0 Å². The molecule has 84 valence electrons. The third-order valence-electron chi connectivity index (χ3n) is 2.35. The summed E-state index contributed by atoms with van der Waals surface area (Å²) in [5, 5.41) is 9.51. The van der Waals surface area contributed by atoms with Crippen LogP contribution in [0.25, 0.3) is 0 Å². The fourth-order valence-electron chi connectivity index (χ4n) is 1.39. The minimum Gasteiger partial charge on any atom is -0.493 e. The molecule has 0 aliphatic heterocycles. The molecule has 0 spiro atoms. The van der Waals surface area contributed by atoms with Gasteiger partial charge in [0.05, 0.1) is 5.56 Å². The Balaban J connectivity index is 2.89. The lowest BCUT2D eigenvalue weighted by Gasteiger charge is -2.05. The van der Waals surface area contributed by atoms with Crippen molar-refractivity contribution in [3.8, 4) is 5.88 Å². The van der Waals surface area contributed by atoms with Gasteiger partial charge >= 0.3 is 0 Å². The molecule has 15 heavy (non-hydrogen) atoms. The van der Waals surface area contributed by atoms with E-state index in [-0.39, 0.29) is 11.4 Å². The monoisotopic (exact) mass is 210 g/mol. The second-order valence-corrected chi connectivity index (χ2v) is 4.10. The molecule has 0 amide bonds. The van der Waals surface area contributed by atoms with Gasteiger partial charge in [-0.1, -0.05) is 20.8 Å². The van der Waals surface area contributed by atoms with Gasteiger partial charge in [-0.15, -0.1) is 0 Å². The Morgan fingerprint density at radius 2 is 2.13 bits per heavy atom. The molecule has 2 N–H and O–H groups in total. The zero-order valence-corrected chi connectivity index (χ0v) is 9.50. The first kappa shape index (κ1) is 11.8. The van der Waals surface area contributed by atoms with Gasteiger partial charge in [0.2, 0.25) is 5.88 Å². The molecule has 4 heteroatoms. The van der Waals surface area contributed by atoms with Gasteiger partial charge in [-0.05, 0) is 18.8 Å². The summed E-state index contributed by atoms with van der Waals surface area (Å²) in [5.41, 5.74) is 0.145. The maximum Gasteiger partial charge on any atom is 0.257 e. The Morgan fingerprint density at radius 1 is 1.47 bits per heavy atom. The van der Waals surface area contributed by atoms with Crippen molar-refractivity contribution in [1.82, 2.24) is 9.97 Å². The molecule has 4 nitrogen and oxygen atoms in total. The van der Waals surface area contributed by atoms with Gasteiger partial charge in [-0.3, -0.25) is 4.79 Å².